The molecule has 1 aromatic carbocycles. The molecule has 1 aliphatic heterocycles. The molecule has 1 aliphatic rings. The van der Waals surface area contributed by atoms with Gasteiger partial charge in [0.15, 0.2) is 0 Å². The van der Waals surface area contributed by atoms with Gasteiger partial charge < -0.3 is 19.7 Å². The summed E-state index contributed by atoms with van der Waals surface area (Å²) in [5.74, 6) is 1.01. The molecule has 5 nitrogen and oxygen atoms in total. The van der Waals surface area contributed by atoms with Crippen LogP contribution in [0.15, 0.2) is 24.3 Å². The number of halogens is 1. The number of nitrogens with one attached hydrogen (secondary N) is 1. The smallest absolute Gasteiger partial charge is 0.225 e. The quantitative estimate of drug-likeness (QED) is 0.823. The Kier molecular flexibility index (Phi) is 8.99. The summed E-state index contributed by atoms with van der Waals surface area (Å²) in [5, 5.41) is 3.25. The number of carbonyl (C=O) groups is 1. The maximum absolute atomic E-state index is 12.3. The summed E-state index contributed by atoms with van der Waals surface area (Å²) in [7, 11) is 0. The maximum atomic E-state index is 12.3. The minimum atomic E-state index is -0.00686. The van der Waals surface area contributed by atoms with Gasteiger partial charge >= 0.3 is 0 Å². The lowest BCUT2D eigenvalue weighted by Crippen LogP contribution is -2.43. The van der Waals surface area contributed by atoms with Gasteiger partial charge in [-0.25, -0.2) is 0 Å². The zero-order valence-electron chi connectivity index (χ0n) is 13.9. The molecule has 0 spiro atoms. The molecule has 1 saturated heterocycles. The van der Waals surface area contributed by atoms with Gasteiger partial charge in [-0.05, 0) is 25.5 Å². The van der Waals surface area contributed by atoms with Crippen LogP contribution >= 0.6 is 12.4 Å². The van der Waals surface area contributed by atoms with Crippen molar-refractivity contribution in [2.24, 2.45) is 0 Å². The summed E-state index contributed by atoms with van der Waals surface area (Å²) in [6, 6.07) is 7.92. The number of nitrogens with zero attached hydrogens (tertiary/aromatic N) is 1. The van der Waals surface area contributed by atoms with E-state index in [1.165, 1.54) is 0 Å². The highest BCUT2D eigenvalue weighted by atomic mass is 35.5. The van der Waals surface area contributed by atoms with E-state index < -0.39 is 0 Å². The van der Waals surface area contributed by atoms with Gasteiger partial charge in [0, 0.05) is 19.6 Å². The van der Waals surface area contributed by atoms with Crippen LogP contribution in [0, 0.1) is 6.92 Å². The van der Waals surface area contributed by atoms with Crippen molar-refractivity contribution >= 4 is 18.3 Å². The van der Waals surface area contributed by atoms with Crippen molar-refractivity contribution in [2.75, 3.05) is 39.4 Å². The van der Waals surface area contributed by atoms with Crippen LogP contribution in [0.3, 0.4) is 0 Å². The normalized spacial score (nSPS) is 17.2. The van der Waals surface area contributed by atoms with E-state index in [9.17, 15) is 4.79 Å². The van der Waals surface area contributed by atoms with Gasteiger partial charge in [0.05, 0.1) is 25.7 Å². The number of rotatable bonds is 7. The molecular weight excluding hydrogens is 316 g/mol. The van der Waals surface area contributed by atoms with Crippen LogP contribution in [0.25, 0.3) is 0 Å². The second kappa shape index (κ2) is 10.5. The first-order chi connectivity index (χ1) is 10.7. The molecule has 0 bridgehead atoms. The summed E-state index contributed by atoms with van der Waals surface area (Å²) < 4.78 is 11.4. The Bertz CT molecular complexity index is 479. The number of aryl methyl sites for hydroxylation is 1. The second-order valence-electron chi connectivity index (χ2n) is 5.49. The molecule has 2 rings (SSSR count). The van der Waals surface area contributed by atoms with Crippen LogP contribution in [0.2, 0.25) is 0 Å². The van der Waals surface area contributed by atoms with Crippen molar-refractivity contribution in [3.8, 4) is 5.75 Å². The van der Waals surface area contributed by atoms with Crippen molar-refractivity contribution in [1.82, 2.24) is 10.2 Å². The average Bonchev–Trinajstić information content (AvgIpc) is 2.54. The number of hydrogen-bond donors (Lipinski definition) is 1. The Morgan fingerprint density at radius 2 is 2.22 bits per heavy atom. The van der Waals surface area contributed by atoms with E-state index in [-0.39, 0.29) is 24.4 Å². The van der Waals surface area contributed by atoms with Crippen molar-refractivity contribution in [1.29, 1.82) is 0 Å². The molecule has 1 heterocycles. The first-order valence-corrected chi connectivity index (χ1v) is 7.99. The largest absolute Gasteiger partial charge is 0.491 e. The van der Waals surface area contributed by atoms with Crippen molar-refractivity contribution in [2.45, 2.75) is 26.4 Å². The Hall–Kier alpha value is -1.30. The fraction of sp³-hybridized carbons (Fsp3) is 0.588. The monoisotopic (exact) mass is 342 g/mol. The predicted molar refractivity (Wildman–Crippen MR) is 93.4 cm³/mol. The summed E-state index contributed by atoms with van der Waals surface area (Å²) >= 11 is 0. The van der Waals surface area contributed by atoms with Crippen molar-refractivity contribution < 1.29 is 14.3 Å². The van der Waals surface area contributed by atoms with Gasteiger partial charge in [-0.15, -0.1) is 12.4 Å². The van der Waals surface area contributed by atoms with E-state index >= 15 is 0 Å². The topological polar surface area (TPSA) is 50.8 Å². The van der Waals surface area contributed by atoms with Gasteiger partial charge in [-0.2, -0.15) is 0 Å². The zero-order valence-corrected chi connectivity index (χ0v) is 14.7. The molecule has 0 aromatic heterocycles. The minimum absolute atomic E-state index is 0. The lowest BCUT2D eigenvalue weighted by atomic mass is 10.2. The highest BCUT2D eigenvalue weighted by Crippen LogP contribution is 2.16. The molecule has 1 amide bonds. The molecule has 0 aliphatic carbocycles. The second-order valence-corrected chi connectivity index (χ2v) is 5.49. The summed E-state index contributed by atoms with van der Waals surface area (Å²) in [4.78, 5) is 14.1. The predicted octanol–water partition coefficient (Wildman–Crippen LogP) is 2.02. The molecule has 6 heteroatoms. The maximum Gasteiger partial charge on any atom is 0.225 e. The molecule has 1 fully saturated rings. The standard InChI is InChI=1S/C17H26N2O3.ClH/c1-3-19(17(20)12-15-13-18-8-10-21-15)9-11-22-16-7-5-4-6-14(16)2;/h4-7,15,18H,3,8-13H2,1-2H3;1H. The molecule has 23 heavy (non-hydrogen) atoms. The number of hydrogen-bond acceptors (Lipinski definition) is 4. The third-order valence-electron chi connectivity index (χ3n) is 3.85. The fourth-order valence-electron chi connectivity index (χ4n) is 2.52. The minimum Gasteiger partial charge on any atom is -0.491 e. The molecule has 1 atom stereocenters. The first kappa shape index (κ1) is 19.7. The number of ether oxygens (including phenoxy) is 2. The van der Waals surface area contributed by atoms with E-state index in [0.717, 1.165) is 24.4 Å². The Morgan fingerprint density at radius 1 is 1.43 bits per heavy atom. The van der Waals surface area contributed by atoms with Gasteiger partial charge in [-0.1, -0.05) is 18.2 Å². The number of carbonyl (C=O) groups excluding carboxylic acids is 1. The van der Waals surface area contributed by atoms with E-state index in [4.69, 9.17) is 9.47 Å². The first-order valence-electron chi connectivity index (χ1n) is 7.99. The van der Waals surface area contributed by atoms with E-state index in [2.05, 4.69) is 5.32 Å². The highest BCUT2D eigenvalue weighted by Gasteiger charge is 2.20. The lowest BCUT2D eigenvalue weighted by Gasteiger charge is -2.27. The molecule has 1 N–H and O–H groups in total. The van der Waals surface area contributed by atoms with E-state index in [1.54, 1.807) is 0 Å². The number of amides is 1. The van der Waals surface area contributed by atoms with Crippen LogP contribution < -0.4 is 10.1 Å². The zero-order chi connectivity index (χ0) is 15.8. The van der Waals surface area contributed by atoms with E-state index in [0.29, 0.717) is 32.7 Å². The SMILES string of the molecule is CCN(CCOc1ccccc1C)C(=O)CC1CNCCO1.Cl. The third-order valence-corrected chi connectivity index (χ3v) is 3.85. The summed E-state index contributed by atoms with van der Waals surface area (Å²) in [6.45, 7) is 8.11. The third kappa shape index (κ3) is 6.37. The Morgan fingerprint density at radius 3 is 2.87 bits per heavy atom. The molecular formula is C17H27ClN2O3. The molecule has 1 unspecified atom stereocenters. The number of para-hydroxylation sites is 1. The number of likely N-dealkylation sites (N-methyl/N-ethyl adjacent to an activating group) is 1. The van der Waals surface area contributed by atoms with Gasteiger partial charge in [-0.3, -0.25) is 4.79 Å². The van der Waals surface area contributed by atoms with Crippen molar-refractivity contribution in [3.63, 3.8) is 0 Å². The van der Waals surface area contributed by atoms with Gasteiger partial charge in [0.1, 0.15) is 12.4 Å². The molecule has 130 valence electrons. The fourth-order valence-corrected chi connectivity index (χ4v) is 2.52. The summed E-state index contributed by atoms with van der Waals surface area (Å²) in [6.07, 6.45) is 0.429. The number of benzene rings is 1. The van der Waals surface area contributed by atoms with Gasteiger partial charge in [0.25, 0.3) is 0 Å². The van der Waals surface area contributed by atoms with Gasteiger partial charge in [0.2, 0.25) is 5.91 Å². The summed E-state index contributed by atoms with van der Waals surface area (Å²) in [5.41, 5.74) is 1.11. The Balaban J connectivity index is 0.00000264. The molecule has 0 saturated carbocycles. The molecule has 0 radical (unpaired) electrons. The number of morpholine rings is 1. The van der Waals surface area contributed by atoms with E-state index in [1.807, 2.05) is 43.0 Å². The Labute approximate surface area is 144 Å². The highest BCUT2D eigenvalue weighted by molar-refractivity contribution is 5.85. The lowest BCUT2D eigenvalue weighted by molar-refractivity contribution is -0.134. The van der Waals surface area contributed by atoms with Crippen LogP contribution in [0.4, 0.5) is 0 Å². The average molecular weight is 343 g/mol. The molecule has 1 aromatic rings. The van der Waals surface area contributed by atoms with Crippen LogP contribution in [0.1, 0.15) is 18.9 Å². The van der Waals surface area contributed by atoms with Crippen LogP contribution in [-0.4, -0.2) is 56.3 Å². The van der Waals surface area contributed by atoms with Crippen LogP contribution in [-0.2, 0) is 9.53 Å². The van der Waals surface area contributed by atoms with Crippen LogP contribution in [0.5, 0.6) is 5.75 Å². The van der Waals surface area contributed by atoms with Crippen molar-refractivity contribution in [3.05, 3.63) is 29.8 Å².